The highest BCUT2D eigenvalue weighted by molar-refractivity contribution is 4.71. The van der Waals surface area contributed by atoms with Gasteiger partial charge in [-0.3, -0.25) is 14.7 Å². The van der Waals surface area contributed by atoms with Crippen LogP contribution in [0, 0.1) is 0 Å². The Bertz CT molecular complexity index is 208. The highest BCUT2D eigenvalue weighted by Gasteiger charge is 2.18. The summed E-state index contributed by atoms with van der Waals surface area (Å²) in [6, 6.07) is 0. The van der Waals surface area contributed by atoms with Crippen molar-refractivity contribution in [2.75, 3.05) is 86.8 Å². The molecule has 106 valence electrons. The minimum Gasteiger partial charge on any atom is -0.304 e. The molecule has 0 N–H and O–H groups in total. The van der Waals surface area contributed by atoms with E-state index in [9.17, 15) is 0 Å². The van der Waals surface area contributed by atoms with Crippen LogP contribution >= 0.6 is 0 Å². The van der Waals surface area contributed by atoms with Gasteiger partial charge in [-0.1, -0.05) is 0 Å². The quantitative estimate of drug-likeness (QED) is 0.660. The van der Waals surface area contributed by atoms with Crippen LogP contribution in [0.4, 0.5) is 0 Å². The van der Waals surface area contributed by atoms with Crippen molar-refractivity contribution in [3.63, 3.8) is 0 Å². The van der Waals surface area contributed by atoms with Gasteiger partial charge in [-0.25, -0.2) is 0 Å². The first kappa shape index (κ1) is 14.2. The summed E-state index contributed by atoms with van der Waals surface area (Å²) < 4.78 is 0. The lowest BCUT2D eigenvalue weighted by Gasteiger charge is -2.38. The standard InChI is InChI=1S/C13H29N5/c1-14-4-8-17(9-5-14)12-16(3)13-18-10-6-15(2)7-11-18/h4-13H2,1-3H3. The second-order valence-electron chi connectivity index (χ2n) is 5.98. The monoisotopic (exact) mass is 255 g/mol. The van der Waals surface area contributed by atoms with Crippen molar-refractivity contribution >= 4 is 0 Å². The second-order valence-corrected chi connectivity index (χ2v) is 5.98. The summed E-state index contributed by atoms with van der Waals surface area (Å²) >= 11 is 0. The van der Waals surface area contributed by atoms with Crippen molar-refractivity contribution in [3.05, 3.63) is 0 Å². The fourth-order valence-electron chi connectivity index (χ4n) is 2.71. The maximum Gasteiger partial charge on any atom is 0.0516 e. The topological polar surface area (TPSA) is 16.2 Å². The largest absolute Gasteiger partial charge is 0.304 e. The summed E-state index contributed by atoms with van der Waals surface area (Å²) in [4.78, 5) is 12.4. The number of hydrogen-bond acceptors (Lipinski definition) is 5. The average Bonchev–Trinajstić information content (AvgIpc) is 2.35. The van der Waals surface area contributed by atoms with E-state index in [1.807, 2.05) is 0 Å². The van der Waals surface area contributed by atoms with Gasteiger partial charge in [0, 0.05) is 52.4 Å². The number of hydrogen-bond donors (Lipinski definition) is 0. The Balaban J connectivity index is 1.64. The fourth-order valence-corrected chi connectivity index (χ4v) is 2.71. The van der Waals surface area contributed by atoms with Gasteiger partial charge >= 0.3 is 0 Å². The second kappa shape index (κ2) is 6.82. The minimum atomic E-state index is 1.11. The Morgan fingerprint density at radius 2 is 1.00 bits per heavy atom. The molecule has 0 bridgehead atoms. The highest BCUT2D eigenvalue weighted by Crippen LogP contribution is 2.03. The van der Waals surface area contributed by atoms with Crippen LogP contribution in [-0.4, -0.2) is 111 Å². The predicted molar refractivity (Wildman–Crippen MR) is 75.6 cm³/mol. The average molecular weight is 255 g/mol. The van der Waals surface area contributed by atoms with Crippen molar-refractivity contribution in [3.8, 4) is 0 Å². The summed E-state index contributed by atoms with van der Waals surface area (Å²) in [5.74, 6) is 0. The molecule has 0 unspecified atom stereocenters. The third-order valence-corrected chi connectivity index (χ3v) is 4.07. The van der Waals surface area contributed by atoms with Crippen LogP contribution in [0.2, 0.25) is 0 Å². The lowest BCUT2D eigenvalue weighted by molar-refractivity contribution is 0.0453. The first-order valence-electron chi connectivity index (χ1n) is 7.14. The Kier molecular flexibility index (Phi) is 5.38. The van der Waals surface area contributed by atoms with E-state index in [2.05, 4.69) is 45.6 Å². The van der Waals surface area contributed by atoms with Crippen LogP contribution in [0.25, 0.3) is 0 Å². The molecule has 2 saturated heterocycles. The molecule has 2 heterocycles. The molecule has 0 atom stereocenters. The van der Waals surface area contributed by atoms with Gasteiger partial charge in [-0.2, -0.15) is 0 Å². The number of nitrogens with zero attached hydrogens (tertiary/aromatic N) is 5. The zero-order chi connectivity index (χ0) is 13.0. The summed E-state index contributed by atoms with van der Waals surface area (Å²) in [7, 11) is 6.67. The molecule has 2 fully saturated rings. The first-order valence-corrected chi connectivity index (χ1v) is 7.14. The van der Waals surface area contributed by atoms with Gasteiger partial charge in [0.25, 0.3) is 0 Å². The molecule has 0 aromatic carbocycles. The molecule has 0 aromatic rings. The van der Waals surface area contributed by atoms with E-state index in [-0.39, 0.29) is 0 Å². The molecule has 0 aliphatic carbocycles. The summed E-state index contributed by atoms with van der Waals surface area (Å²) in [5, 5.41) is 0. The SMILES string of the molecule is CN1CCN(CN(C)CN2CCN(C)CC2)CC1. The highest BCUT2D eigenvalue weighted by atomic mass is 15.4. The van der Waals surface area contributed by atoms with Crippen molar-refractivity contribution in [2.45, 2.75) is 0 Å². The molecule has 0 amide bonds. The first-order chi connectivity index (χ1) is 8.63. The third kappa shape index (κ3) is 4.48. The molecular weight excluding hydrogens is 226 g/mol. The van der Waals surface area contributed by atoms with E-state index in [1.54, 1.807) is 0 Å². The Morgan fingerprint density at radius 1 is 0.667 bits per heavy atom. The Labute approximate surface area is 112 Å². The van der Waals surface area contributed by atoms with Crippen LogP contribution in [-0.2, 0) is 0 Å². The van der Waals surface area contributed by atoms with Crippen LogP contribution in [0.1, 0.15) is 0 Å². The fraction of sp³-hybridized carbons (Fsp3) is 1.00. The molecule has 0 spiro atoms. The number of likely N-dealkylation sites (N-methyl/N-ethyl adjacent to an activating group) is 2. The van der Waals surface area contributed by atoms with Gasteiger partial charge in [-0.05, 0) is 21.1 Å². The van der Waals surface area contributed by atoms with E-state index in [1.165, 1.54) is 52.4 Å². The number of piperazine rings is 2. The van der Waals surface area contributed by atoms with Crippen LogP contribution in [0.5, 0.6) is 0 Å². The van der Waals surface area contributed by atoms with E-state index in [0.717, 1.165) is 13.3 Å². The zero-order valence-corrected chi connectivity index (χ0v) is 12.3. The van der Waals surface area contributed by atoms with Gasteiger partial charge in [0.05, 0.1) is 13.3 Å². The van der Waals surface area contributed by atoms with Crippen molar-refractivity contribution < 1.29 is 0 Å². The summed E-state index contributed by atoms with van der Waals surface area (Å²) in [6.45, 7) is 11.9. The van der Waals surface area contributed by atoms with E-state index < -0.39 is 0 Å². The molecule has 18 heavy (non-hydrogen) atoms. The molecule has 0 radical (unpaired) electrons. The molecule has 0 aromatic heterocycles. The Morgan fingerprint density at radius 3 is 1.33 bits per heavy atom. The van der Waals surface area contributed by atoms with Gasteiger partial charge in [0.1, 0.15) is 0 Å². The van der Waals surface area contributed by atoms with E-state index >= 15 is 0 Å². The molecular formula is C13H29N5. The molecule has 0 saturated carbocycles. The van der Waals surface area contributed by atoms with Crippen LogP contribution < -0.4 is 0 Å². The molecule has 2 aliphatic heterocycles. The van der Waals surface area contributed by atoms with Crippen molar-refractivity contribution in [2.24, 2.45) is 0 Å². The molecule has 5 nitrogen and oxygen atoms in total. The smallest absolute Gasteiger partial charge is 0.0516 e. The lowest BCUT2D eigenvalue weighted by atomic mass is 10.3. The molecule has 5 heteroatoms. The maximum absolute atomic E-state index is 2.57. The minimum absolute atomic E-state index is 1.11. The predicted octanol–water partition coefficient (Wildman–Crippen LogP) is -0.672. The van der Waals surface area contributed by atoms with Crippen molar-refractivity contribution in [1.29, 1.82) is 0 Å². The van der Waals surface area contributed by atoms with Gasteiger partial charge in [0.2, 0.25) is 0 Å². The maximum atomic E-state index is 2.57. The summed E-state index contributed by atoms with van der Waals surface area (Å²) in [6.07, 6.45) is 0. The van der Waals surface area contributed by atoms with E-state index in [4.69, 9.17) is 0 Å². The summed E-state index contributed by atoms with van der Waals surface area (Å²) in [5.41, 5.74) is 0. The third-order valence-electron chi connectivity index (χ3n) is 4.07. The van der Waals surface area contributed by atoms with Gasteiger partial charge in [-0.15, -0.1) is 0 Å². The van der Waals surface area contributed by atoms with Gasteiger partial charge in [0.15, 0.2) is 0 Å². The Hall–Kier alpha value is -0.200. The zero-order valence-electron chi connectivity index (χ0n) is 12.3. The number of rotatable bonds is 4. The van der Waals surface area contributed by atoms with Crippen LogP contribution in [0.3, 0.4) is 0 Å². The van der Waals surface area contributed by atoms with Gasteiger partial charge < -0.3 is 9.80 Å². The van der Waals surface area contributed by atoms with E-state index in [0.29, 0.717) is 0 Å². The molecule has 2 rings (SSSR count). The molecule has 2 aliphatic rings. The van der Waals surface area contributed by atoms with Crippen molar-refractivity contribution in [1.82, 2.24) is 24.5 Å². The normalized spacial score (nSPS) is 26.0. The van der Waals surface area contributed by atoms with Crippen LogP contribution in [0.15, 0.2) is 0 Å². The lowest BCUT2D eigenvalue weighted by Crippen LogP contribution is -2.52.